The third-order valence-electron chi connectivity index (χ3n) is 5.95. The van der Waals surface area contributed by atoms with E-state index in [2.05, 4.69) is 21.9 Å². The zero-order valence-electron chi connectivity index (χ0n) is 14.3. The monoisotopic (exact) mass is 315 g/mol. The first-order valence-corrected chi connectivity index (χ1v) is 9.17. The van der Waals surface area contributed by atoms with E-state index in [9.17, 15) is 0 Å². The molecule has 126 valence electrons. The molecule has 4 rings (SSSR count). The molecule has 4 heteroatoms. The number of nitrogens with zero attached hydrogens (tertiary/aromatic N) is 3. The summed E-state index contributed by atoms with van der Waals surface area (Å²) in [4.78, 5) is 10.1. The maximum atomic E-state index is 5.24. The highest BCUT2D eigenvalue weighted by atomic mass is 16.5. The van der Waals surface area contributed by atoms with Crippen molar-refractivity contribution in [3.8, 4) is 0 Å². The van der Waals surface area contributed by atoms with Crippen molar-refractivity contribution in [3.05, 3.63) is 29.6 Å². The van der Waals surface area contributed by atoms with Crippen LogP contribution in [-0.4, -0.2) is 61.2 Å². The number of hydrogen-bond donors (Lipinski definition) is 0. The van der Waals surface area contributed by atoms with E-state index in [-0.39, 0.29) is 5.41 Å². The Morgan fingerprint density at radius 2 is 2.09 bits per heavy atom. The van der Waals surface area contributed by atoms with E-state index in [1.807, 2.05) is 6.20 Å². The van der Waals surface area contributed by atoms with Crippen LogP contribution in [0.2, 0.25) is 0 Å². The number of pyridine rings is 1. The molecule has 0 amide bonds. The molecule has 2 fully saturated rings. The smallest absolute Gasteiger partial charge is 0.0589 e. The zero-order valence-corrected chi connectivity index (χ0v) is 14.3. The van der Waals surface area contributed by atoms with E-state index >= 15 is 0 Å². The Labute approximate surface area is 139 Å². The van der Waals surface area contributed by atoms with Gasteiger partial charge in [-0.3, -0.25) is 9.88 Å². The predicted molar refractivity (Wildman–Crippen MR) is 91.5 cm³/mol. The lowest BCUT2D eigenvalue weighted by molar-refractivity contribution is 0.0750. The molecule has 1 saturated carbocycles. The standard InChI is InChI=1S/C19H29N3O/c1-23-12-11-21-9-6-19(7-10-21)15-22(13-16-4-5-16)14-17-3-2-8-20-18(17)19/h2-3,8,16H,4-7,9-15H2,1H3. The average molecular weight is 315 g/mol. The SMILES string of the molecule is COCCN1CCC2(CC1)CN(CC1CC1)Cc1cccnc12. The fourth-order valence-electron chi connectivity index (χ4n) is 4.46. The van der Waals surface area contributed by atoms with E-state index in [0.717, 1.165) is 25.6 Å². The maximum Gasteiger partial charge on any atom is 0.0589 e. The summed E-state index contributed by atoms with van der Waals surface area (Å²) in [5.41, 5.74) is 3.16. The van der Waals surface area contributed by atoms with Crippen molar-refractivity contribution in [2.75, 3.05) is 46.4 Å². The predicted octanol–water partition coefficient (Wildman–Crippen LogP) is 2.29. The van der Waals surface area contributed by atoms with E-state index in [1.165, 1.54) is 63.1 Å². The summed E-state index contributed by atoms with van der Waals surface area (Å²) in [5, 5.41) is 0. The Hall–Kier alpha value is -0.970. The largest absolute Gasteiger partial charge is 0.383 e. The second-order valence-corrected chi connectivity index (χ2v) is 7.74. The van der Waals surface area contributed by atoms with E-state index in [4.69, 9.17) is 9.72 Å². The molecule has 1 spiro atoms. The summed E-state index contributed by atoms with van der Waals surface area (Å²) in [6.45, 7) is 7.88. The second kappa shape index (κ2) is 6.50. The van der Waals surface area contributed by atoms with Crippen molar-refractivity contribution < 1.29 is 4.74 Å². The van der Waals surface area contributed by atoms with Crippen LogP contribution in [0.25, 0.3) is 0 Å². The van der Waals surface area contributed by atoms with E-state index in [0.29, 0.717) is 0 Å². The minimum atomic E-state index is 0.285. The highest BCUT2D eigenvalue weighted by Gasteiger charge is 2.43. The number of methoxy groups -OCH3 is 1. The molecule has 23 heavy (non-hydrogen) atoms. The van der Waals surface area contributed by atoms with Crippen molar-refractivity contribution in [1.82, 2.24) is 14.8 Å². The average Bonchev–Trinajstić information content (AvgIpc) is 3.38. The molecule has 0 N–H and O–H groups in total. The Morgan fingerprint density at radius 3 is 2.83 bits per heavy atom. The molecular formula is C19H29N3O. The summed E-state index contributed by atoms with van der Waals surface area (Å²) < 4.78 is 5.24. The van der Waals surface area contributed by atoms with Crippen LogP contribution in [0.3, 0.4) is 0 Å². The summed E-state index contributed by atoms with van der Waals surface area (Å²) in [6, 6.07) is 4.42. The highest BCUT2D eigenvalue weighted by molar-refractivity contribution is 5.32. The number of hydrogen-bond acceptors (Lipinski definition) is 4. The Kier molecular flexibility index (Phi) is 4.39. The van der Waals surface area contributed by atoms with E-state index in [1.54, 1.807) is 7.11 Å². The first-order valence-electron chi connectivity index (χ1n) is 9.17. The molecule has 2 aliphatic heterocycles. The van der Waals surface area contributed by atoms with Gasteiger partial charge in [-0.25, -0.2) is 0 Å². The van der Waals surface area contributed by atoms with Gasteiger partial charge in [0.25, 0.3) is 0 Å². The van der Waals surface area contributed by atoms with Crippen LogP contribution in [0.15, 0.2) is 18.3 Å². The fraction of sp³-hybridized carbons (Fsp3) is 0.737. The molecule has 0 unspecified atom stereocenters. The molecule has 3 heterocycles. The van der Waals surface area contributed by atoms with Crippen LogP contribution >= 0.6 is 0 Å². The minimum absolute atomic E-state index is 0.285. The van der Waals surface area contributed by atoms with Crippen molar-refractivity contribution in [3.63, 3.8) is 0 Å². The van der Waals surface area contributed by atoms with Crippen molar-refractivity contribution >= 4 is 0 Å². The van der Waals surface area contributed by atoms with Gasteiger partial charge in [0.2, 0.25) is 0 Å². The van der Waals surface area contributed by atoms with Gasteiger partial charge >= 0.3 is 0 Å². The number of rotatable bonds is 5. The maximum absolute atomic E-state index is 5.24. The summed E-state index contributed by atoms with van der Waals surface area (Å²) in [5.74, 6) is 0.965. The first-order chi connectivity index (χ1) is 11.3. The van der Waals surface area contributed by atoms with Gasteiger partial charge in [0.05, 0.1) is 12.3 Å². The van der Waals surface area contributed by atoms with Crippen LogP contribution in [0.1, 0.15) is 36.9 Å². The number of ether oxygens (including phenoxy) is 1. The van der Waals surface area contributed by atoms with Gasteiger partial charge in [0.1, 0.15) is 0 Å². The van der Waals surface area contributed by atoms with Crippen molar-refractivity contribution in [1.29, 1.82) is 0 Å². The molecule has 1 saturated heterocycles. The molecule has 0 aromatic carbocycles. The van der Waals surface area contributed by atoms with Gasteiger partial charge in [-0.05, 0) is 56.3 Å². The van der Waals surface area contributed by atoms with Crippen molar-refractivity contribution in [2.45, 2.75) is 37.6 Å². The molecule has 1 aliphatic carbocycles. The van der Waals surface area contributed by atoms with Crippen LogP contribution in [0.5, 0.6) is 0 Å². The number of likely N-dealkylation sites (tertiary alicyclic amines) is 1. The zero-order chi connectivity index (χ0) is 15.7. The number of piperidine rings is 1. The van der Waals surface area contributed by atoms with Gasteiger partial charge in [-0.2, -0.15) is 0 Å². The van der Waals surface area contributed by atoms with Gasteiger partial charge in [-0.1, -0.05) is 6.07 Å². The lowest BCUT2D eigenvalue weighted by atomic mass is 9.71. The lowest BCUT2D eigenvalue weighted by Crippen LogP contribution is -2.53. The van der Waals surface area contributed by atoms with Gasteiger partial charge in [-0.15, -0.1) is 0 Å². The normalized spacial score (nSPS) is 24.7. The molecule has 1 aromatic heterocycles. The molecule has 3 aliphatic rings. The fourth-order valence-corrected chi connectivity index (χ4v) is 4.46. The molecule has 4 nitrogen and oxygen atoms in total. The van der Waals surface area contributed by atoms with Crippen LogP contribution in [0.4, 0.5) is 0 Å². The van der Waals surface area contributed by atoms with Crippen molar-refractivity contribution in [2.24, 2.45) is 5.92 Å². The lowest BCUT2D eigenvalue weighted by Gasteiger charge is -2.48. The Balaban J connectivity index is 1.51. The highest BCUT2D eigenvalue weighted by Crippen LogP contribution is 2.42. The summed E-state index contributed by atoms with van der Waals surface area (Å²) in [7, 11) is 1.79. The van der Waals surface area contributed by atoms with Crippen LogP contribution in [-0.2, 0) is 16.7 Å². The Bertz CT molecular complexity index is 535. The Morgan fingerprint density at radius 1 is 1.26 bits per heavy atom. The van der Waals surface area contributed by atoms with E-state index < -0.39 is 0 Å². The first kappa shape index (κ1) is 15.6. The quantitative estimate of drug-likeness (QED) is 0.833. The minimum Gasteiger partial charge on any atom is -0.383 e. The van der Waals surface area contributed by atoms with Gasteiger partial charge in [0, 0.05) is 44.9 Å². The molecular weight excluding hydrogens is 286 g/mol. The van der Waals surface area contributed by atoms with Gasteiger partial charge in [0.15, 0.2) is 0 Å². The third-order valence-corrected chi connectivity index (χ3v) is 5.95. The molecule has 0 radical (unpaired) electrons. The molecule has 0 bridgehead atoms. The number of fused-ring (bicyclic) bond motifs is 2. The van der Waals surface area contributed by atoms with Crippen LogP contribution in [0, 0.1) is 5.92 Å². The topological polar surface area (TPSA) is 28.6 Å². The molecule has 1 aromatic rings. The van der Waals surface area contributed by atoms with Crippen LogP contribution < -0.4 is 0 Å². The van der Waals surface area contributed by atoms with Gasteiger partial charge < -0.3 is 9.64 Å². The summed E-state index contributed by atoms with van der Waals surface area (Å²) >= 11 is 0. The number of aromatic nitrogens is 1. The second-order valence-electron chi connectivity index (χ2n) is 7.74. The third kappa shape index (κ3) is 3.30. The molecule has 0 atom stereocenters. The summed E-state index contributed by atoms with van der Waals surface area (Å²) in [6.07, 6.45) is 7.35.